The Balaban J connectivity index is 1.59. The fourth-order valence-electron chi connectivity index (χ4n) is 4.12. The molecule has 0 spiro atoms. The van der Waals surface area contributed by atoms with Gasteiger partial charge in [-0.15, -0.1) is 0 Å². The minimum absolute atomic E-state index is 0.00681. The van der Waals surface area contributed by atoms with E-state index in [9.17, 15) is 9.59 Å². The summed E-state index contributed by atoms with van der Waals surface area (Å²) in [7, 11) is 1.66. The van der Waals surface area contributed by atoms with Gasteiger partial charge < -0.3 is 19.3 Å². The van der Waals surface area contributed by atoms with Gasteiger partial charge in [-0.2, -0.15) is 0 Å². The number of methoxy groups -OCH3 is 1. The van der Waals surface area contributed by atoms with E-state index in [0.717, 1.165) is 43.5 Å². The van der Waals surface area contributed by atoms with E-state index in [-0.39, 0.29) is 30.4 Å². The van der Waals surface area contributed by atoms with Crippen molar-refractivity contribution in [1.29, 1.82) is 0 Å². The fourth-order valence-corrected chi connectivity index (χ4v) is 4.12. The molecule has 3 rings (SSSR count). The number of carbonyl (C=O) groups excluding carboxylic acids is 2. The molecule has 1 unspecified atom stereocenters. The molecule has 2 fully saturated rings. The molecular formula is C21H30N2O4. The van der Waals surface area contributed by atoms with Gasteiger partial charge in [0.25, 0.3) is 0 Å². The van der Waals surface area contributed by atoms with Gasteiger partial charge in [-0.3, -0.25) is 9.59 Å². The van der Waals surface area contributed by atoms with Crippen LogP contribution in [0, 0.1) is 5.92 Å². The maximum Gasteiger partial charge on any atom is 0.248 e. The molecule has 1 atom stereocenters. The first-order chi connectivity index (χ1) is 13.1. The Morgan fingerprint density at radius 1 is 1.15 bits per heavy atom. The predicted octanol–water partition coefficient (Wildman–Crippen LogP) is 2.63. The van der Waals surface area contributed by atoms with E-state index in [1.807, 2.05) is 34.9 Å². The lowest BCUT2D eigenvalue weighted by Gasteiger charge is -2.35. The van der Waals surface area contributed by atoms with E-state index in [2.05, 4.69) is 6.07 Å². The van der Waals surface area contributed by atoms with Crippen molar-refractivity contribution in [3.8, 4) is 5.75 Å². The van der Waals surface area contributed by atoms with Crippen molar-refractivity contribution in [2.75, 3.05) is 40.0 Å². The number of carbonyl (C=O) groups is 2. The number of benzene rings is 1. The number of likely N-dealkylation sites (tertiary alicyclic amines) is 2. The first-order valence-corrected chi connectivity index (χ1v) is 9.94. The quantitative estimate of drug-likeness (QED) is 0.768. The molecule has 6 heteroatoms. The lowest BCUT2D eigenvalue weighted by molar-refractivity contribution is -0.143. The number of hydrogen-bond donors (Lipinski definition) is 0. The average Bonchev–Trinajstić information content (AvgIpc) is 3.21. The standard InChI is InChI=1S/C21H30N2O4/c1-3-27-15-20(24)22-12-9-16(10-13-22)21(25)23-11-5-8-19(23)17-6-4-7-18(14-17)26-2/h4,6-7,14,16,19H,3,5,8-13,15H2,1-2H3. The zero-order valence-corrected chi connectivity index (χ0v) is 16.4. The molecule has 0 radical (unpaired) electrons. The van der Waals surface area contributed by atoms with Crippen LogP contribution in [0.5, 0.6) is 5.75 Å². The smallest absolute Gasteiger partial charge is 0.248 e. The molecule has 0 aliphatic carbocycles. The van der Waals surface area contributed by atoms with E-state index < -0.39 is 0 Å². The van der Waals surface area contributed by atoms with E-state index in [4.69, 9.17) is 9.47 Å². The summed E-state index contributed by atoms with van der Waals surface area (Å²) < 4.78 is 10.5. The highest BCUT2D eigenvalue weighted by Crippen LogP contribution is 2.35. The van der Waals surface area contributed by atoms with Crippen LogP contribution in [-0.4, -0.2) is 61.6 Å². The van der Waals surface area contributed by atoms with Crippen molar-refractivity contribution in [3.63, 3.8) is 0 Å². The lowest BCUT2D eigenvalue weighted by Crippen LogP contribution is -2.45. The summed E-state index contributed by atoms with van der Waals surface area (Å²) in [5.41, 5.74) is 1.14. The number of piperidine rings is 1. The van der Waals surface area contributed by atoms with Crippen LogP contribution >= 0.6 is 0 Å². The van der Waals surface area contributed by atoms with E-state index in [1.54, 1.807) is 7.11 Å². The molecule has 0 bridgehead atoms. The average molecular weight is 374 g/mol. The molecule has 148 valence electrons. The zero-order valence-electron chi connectivity index (χ0n) is 16.4. The summed E-state index contributed by atoms with van der Waals surface area (Å²) in [6.07, 6.45) is 3.49. The second kappa shape index (κ2) is 9.22. The Morgan fingerprint density at radius 2 is 1.93 bits per heavy atom. The Bertz CT molecular complexity index is 655. The summed E-state index contributed by atoms with van der Waals surface area (Å²) in [4.78, 5) is 29.1. The monoisotopic (exact) mass is 374 g/mol. The number of amides is 2. The molecule has 2 heterocycles. The molecule has 0 aromatic heterocycles. The van der Waals surface area contributed by atoms with Gasteiger partial charge in [-0.05, 0) is 50.3 Å². The number of nitrogens with zero attached hydrogens (tertiary/aromatic N) is 2. The molecule has 2 saturated heterocycles. The van der Waals surface area contributed by atoms with Crippen molar-refractivity contribution in [2.45, 2.75) is 38.6 Å². The van der Waals surface area contributed by atoms with Gasteiger partial charge in [0.05, 0.1) is 13.2 Å². The maximum absolute atomic E-state index is 13.2. The second-order valence-corrected chi connectivity index (χ2v) is 7.26. The Labute approximate surface area is 161 Å². The van der Waals surface area contributed by atoms with Gasteiger partial charge in [0.1, 0.15) is 12.4 Å². The SMILES string of the molecule is CCOCC(=O)N1CCC(C(=O)N2CCCC2c2cccc(OC)c2)CC1. The third-order valence-electron chi connectivity index (χ3n) is 5.64. The fraction of sp³-hybridized carbons (Fsp3) is 0.619. The van der Waals surface area contributed by atoms with Gasteiger partial charge >= 0.3 is 0 Å². The van der Waals surface area contributed by atoms with Crippen LogP contribution in [0.15, 0.2) is 24.3 Å². The van der Waals surface area contributed by atoms with Crippen LogP contribution in [0.4, 0.5) is 0 Å². The summed E-state index contributed by atoms with van der Waals surface area (Å²) in [5.74, 6) is 1.09. The third-order valence-corrected chi connectivity index (χ3v) is 5.64. The van der Waals surface area contributed by atoms with Crippen LogP contribution < -0.4 is 4.74 Å². The summed E-state index contributed by atoms with van der Waals surface area (Å²) >= 11 is 0. The van der Waals surface area contributed by atoms with Crippen LogP contribution in [0.1, 0.15) is 44.2 Å². The summed E-state index contributed by atoms with van der Waals surface area (Å²) in [6, 6.07) is 8.15. The highest BCUT2D eigenvalue weighted by Gasteiger charge is 2.36. The minimum Gasteiger partial charge on any atom is -0.497 e. The molecule has 1 aromatic carbocycles. The van der Waals surface area contributed by atoms with Gasteiger partial charge in [0, 0.05) is 32.2 Å². The molecule has 2 amide bonds. The van der Waals surface area contributed by atoms with Crippen molar-refractivity contribution in [1.82, 2.24) is 9.80 Å². The normalized spacial score (nSPS) is 20.7. The van der Waals surface area contributed by atoms with Crippen molar-refractivity contribution < 1.29 is 19.1 Å². The molecular weight excluding hydrogens is 344 g/mol. The minimum atomic E-state index is 0.00681. The van der Waals surface area contributed by atoms with Gasteiger partial charge in [0.15, 0.2) is 0 Å². The summed E-state index contributed by atoms with van der Waals surface area (Å²) in [5, 5.41) is 0. The number of hydrogen-bond acceptors (Lipinski definition) is 4. The predicted molar refractivity (Wildman–Crippen MR) is 102 cm³/mol. The van der Waals surface area contributed by atoms with Crippen LogP contribution in [0.25, 0.3) is 0 Å². The van der Waals surface area contributed by atoms with Crippen molar-refractivity contribution in [3.05, 3.63) is 29.8 Å². The first-order valence-electron chi connectivity index (χ1n) is 9.94. The van der Waals surface area contributed by atoms with Gasteiger partial charge in [-0.1, -0.05) is 12.1 Å². The third kappa shape index (κ3) is 4.61. The molecule has 27 heavy (non-hydrogen) atoms. The van der Waals surface area contributed by atoms with Crippen molar-refractivity contribution in [2.24, 2.45) is 5.92 Å². The van der Waals surface area contributed by atoms with E-state index in [0.29, 0.717) is 19.7 Å². The Morgan fingerprint density at radius 3 is 2.63 bits per heavy atom. The largest absolute Gasteiger partial charge is 0.497 e. The van der Waals surface area contributed by atoms with E-state index >= 15 is 0 Å². The maximum atomic E-state index is 13.2. The lowest BCUT2D eigenvalue weighted by atomic mass is 9.94. The van der Waals surface area contributed by atoms with Gasteiger partial charge in [-0.25, -0.2) is 0 Å². The second-order valence-electron chi connectivity index (χ2n) is 7.26. The Kier molecular flexibility index (Phi) is 6.72. The van der Waals surface area contributed by atoms with Crippen molar-refractivity contribution >= 4 is 11.8 Å². The highest BCUT2D eigenvalue weighted by atomic mass is 16.5. The van der Waals surface area contributed by atoms with Crippen LogP contribution in [0.2, 0.25) is 0 Å². The van der Waals surface area contributed by atoms with Crippen LogP contribution in [0.3, 0.4) is 0 Å². The van der Waals surface area contributed by atoms with Gasteiger partial charge in [0.2, 0.25) is 11.8 Å². The summed E-state index contributed by atoms with van der Waals surface area (Å²) in [6.45, 7) is 4.65. The van der Waals surface area contributed by atoms with E-state index in [1.165, 1.54) is 0 Å². The molecule has 2 aliphatic heterocycles. The highest BCUT2D eigenvalue weighted by molar-refractivity contribution is 5.81. The van der Waals surface area contributed by atoms with Crippen LogP contribution in [-0.2, 0) is 14.3 Å². The molecule has 0 N–H and O–H groups in total. The molecule has 1 aromatic rings. The zero-order chi connectivity index (χ0) is 19.2. The molecule has 6 nitrogen and oxygen atoms in total. The Hall–Kier alpha value is -2.08. The first kappa shape index (κ1) is 19.7. The number of ether oxygens (including phenoxy) is 2. The topological polar surface area (TPSA) is 59.1 Å². The molecule has 2 aliphatic rings. The molecule has 0 saturated carbocycles. The number of rotatable bonds is 6.